The summed E-state index contributed by atoms with van der Waals surface area (Å²) >= 11 is 5.08. The molecule has 0 aromatic heterocycles. The molecule has 5 heteroatoms. The number of hydrogen-bond donors (Lipinski definition) is 2. The molecule has 0 aliphatic heterocycles. The fourth-order valence-electron chi connectivity index (χ4n) is 2.62. The molecular weight excluding hydrogens is 342 g/mol. The van der Waals surface area contributed by atoms with Crippen LogP contribution in [0, 0.1) is 6.92 Å². The molecular formula is C21H19N3OS. The lowest BCUT2D eigenvalue weighted by molar-refractivity contribution is 0.0955. The lowest BCUT2D eigenvalue weighted by Gasteiger charge is -2.23. The van der Waals surface area contributed by atoms with Gasteiger partial charge in [0, 0.05) is 5.56 Å². The summed E-state index contributed by atoms with van der Waals surface area (Å²) in [5, 5.41) is 1.49. The van der Waals surface area contributed by atoms with Gasteiger partial charge in [0.2, 0.25) is 0 Å². The van der Waals surface area contributed by atoms with Crippen molar-refractivity contribution in [2.24, 2.45) is 5.73 Å². The van der Waals surface area contributed by atoms with Crippen LogP contribution in [-0.2, 0) is 0 Å². The normalized spacial score (nSPS) is 10.2. The number of nitrogens with two attached hydrogens (primary N) is 1. The van der Waals surface area contributed by atoms with Gasteiger partial charge in [-0.15, -0.1) is 0 Å². The van der Waals surface area contributed by atoms with Crippen LogP contribution in [0.3, 0.4) is 0 Å². The Balaban J connectivity index is 1.79. The van der Waals surface area contributed by atoms with E-state index in [1.165, 1.54) is 5.01 Å². The number of thiocarbonyl (C=S) groups is 1. The van der Waals surface area contributed by atoms with E-state index in [0.717, 1.165) is 16.7 Å². The number of nitrogens with zero attached hydrogens (tertiary/aromatic N) is 1. The quantitative estimate of drug-likeness (QED) is 0.546. The number of amides is 1. The summed E-state index contributed by atoms with van der Waals surface area (Å²) in [7, 11) is 0. The molecule has 3 aromatic carbocycles. The lowest BCUT2D eigenvalue weighted by Crippen LogP contribution is -2.49. The van der Waals surface area contributed by atoms with Crippen molar-refractivity contribution < 1.29 is 4.79 Å². The Morgan fingerprint density at radius 2 is 1.58 bits per heavy atom. The molecule has 26 heavy (non-hydrogen) atoms. The zero-order valence-corrected chi connectivity index (χ0v) is 15.2. The fraction of sp³-hybridized carbons (Fsp3) is 0.0476. The number of aryl methyl sites for hydroxylation is 1. The molecule has 0 atom stereocenters. The van der Waals surface area contributed by atoms with Gasteiger partial charge in [-0.1, -0.05) is 54.6 Å². The van der Waals surface area contributed by atoms with Crippen LogP contribution < -0.4 is 16.2 Å². The van der Waals surface area contributed by atoms with E-state index >= 15 is 0 Å². The average Bonchev–Trinajstić information content (AvgIpc) is 2.66. The molecule has 0 heterocycles. The number of carbonyl (C=O) groups is 1. The van der Waals surface area contributed by atoms with Gasteiger partial charge in [0.1, 0.15) is 0 Å². The number of rotatable bonds is 3. The molecule has 1 amide bonds. The highest BCUT2D eigenvalue weighted by Crippen LogP contribution is 2.20. The van der Waals surface area contributed by atoms with Crippen LogP contribution in [0.15, 0.2) is 78.9 Å². The van der Waals surface area contributed by atoms with Gasteiger partial charge in [0.05, 0.1) is 5.69 Å². The van der Waals surface area contributed by atoms with Crippen LogP contribution in [0.25, 0.3) is 11.1 Å². The Morgan fingerprint density at radius 1 is 0.923 bits per heavy atom. The highest BCUT2D eigenvalue weighted by molar-refractivity contribution is 7.80. The largest absolute Gasteiger partial charge is 0.374 e. The predicted molar refractivity (Wildman–Crippen MR) is 110 cm³/mol. The monoisotopic (exact) mass is 361 g/mol. The van der Waals surface area contributed by atoms with Crippen LogP contribution in [-0.4, -0.2) is 11.0 Å². The van der Waals surface area contributed by atoms with Crippen LogP contribution >= 0.6 is 12.2 Å². The summed E-state index contributed by atoms with van der Waals surface area (Å²) < 4.78 is 0. The molecule has 3 aromatic rings. The summed E-state index contributed by atoms with van der Waals surface area (Å²) in [6.07, 6.45) is 0. The van der Waals surface area contributed by atoms with Crippen LogP contribution in [0.5, 0.6) is 0 Å². The van der Waals surface area contributed by atoms with Gasteiger partial charge in [0.25, 0.3) is 5.91 Å². The van der Waals surface area contributed by atoms with Crippen LogP contribution in [0.1, 0.15) is 15.9 Å². The molecule has 0 aliphatic rings. The zero-order chi connectivity index (χ0) is 18.5. The zero-order valence-electron chi connectivity index (χ0n) is 14.3. The second-order valence-electron chi connectivity index (χ2n) is 5.90. The second-order valence-corrected chi connectivity index (χ2v) is 6.32. The van der Waals surface area contributed by atoms with E-state index in [0.29, 0.717) is 11.3 Å². The number of anilines is 1. The second kappa shape index (κ2) is 7.80. The summed E-state index contributed by atoms with van der Waals surface area (Å²) in [5.74, 6) is -0.279. The third-order valence-corrected chi connectivity index (χ3v) is 4.13. The molecule has 0 radical (unpaired) electrons. The number of hydrogen-bond acceptors (Lipinski definition) is 2. The van der Waals surface area contributed by atoms with Gasteiger partial charge in [0.15, 0.2) is 5.11 Å². The summed E-state index contributed by atoms with van der Waals surface area (Å²) in [4.78, 5) is 12.6. The molecule has 0 aliphatic carbocycles. The van der Waals surface area contributed by atoms with Crippen molar-refractivity contribution >= 4 is 28.9 Å². The molecule has 0 unspecified atom stereocenters. The van der Waals surface area contributed by atoms with Crippen molar-refractivity contribution in [3.8, 4) is 11.1 Å². The number of carbonyl (C=O) groups excluding carboxylic acids is 1. The topological polar surface area (TPSA) is 58.4 Å². The van der Waals surface area contributed by atoms with E-state index in [4.69, 9.17) is 18.0 Å². The van der Waals surface area contributed by atoms with E-state index in [-0.39, 0.29) is 11.0 Å². The molecule has 0 spiro atoms. The molecule has 0 bridgehead atoms. The van der Waals surface area contributed by atoms with E-state index in [1.807, 2.05) is 73.7 Å². The van der Waals surface area contributed by atoms with Crippen LogP contribution in [0.4, 0.5) is 5.69 Å². The number of hydrazine groups is 1. The maximum Gasteiger partial charge on any atom is 0.270 e. The fourth-order valence-corrected chi connectivity index (χ4v) is 2.78. The average molecular weight is 361 g/mol. The molecule has 0 fully saturated rings. The summed E-state index contributed by atoms with van der Waals surface area (Å²) in [5.41, 5.74) is 13.0. The van der Waals surface area contributed by atoms with Gasteiger partial charge in [-0.2, -0.15) is 0 Å². The minimum Gasteiger partial charge on any atom is -0.374 e. The van der Waals surface area contributed by atoms with E-state index in [9.17, 15) is 4.79 Å². The molecule has 0 saturated carbocycles. The molecule has 3 rings (SSSR count). The Kier molecular flexibility index (Phi) is 5.29. The van der Waals surface area contributed by atoms with Crippen molar-refractivity contribution in [2.75, 3.05) is 5.01 Å². The van der Waals surface area contributed by atoms with Crippen molar-refractivity contribution in [1.82, 2.24) is 5.43 Å². The molecule has 0 saturated heterocycles. The lowest BCUT2D eigenvalue weighted by atomic mass is 10.0. The first-order valence-electron chi connectivity index (χ1n) is 8.17. The highest BCUT2D eigenvalue weighted by atomic mass is 32.1. The van der Waals surface area contributed by atoms with Crippen LogP contribution in [0.2, 0.25) is 0 Å². The third-order valence-electron chi connectivity index (χ3n) is 3.95. The Hall–Kier alpha value is -3.18. The van der Waals surface area contributed by atoms with Gasteiger partial charge >= 0.3 is 0 Å². The highest BCUT2D eigenvalue weighted by Gasteiger charge is 2.14. The minimum atomic E-state index is -0.279. The van der Waals surface area contributed by atoms with Crippen molar-refractivity contribution in [3.63, 3.8) is 0 Å². The predicted octanol–water partition coefficient (Wildman–Crippen LogP) is 4.06. The van der Waals surface area contributed by atoms with E-state index in [2.05, 4.69) is 5.43 Å². The van der Waals surface area contributed by atoms with Crippen molar-refractivity contribution in [1.29, 1.82) is 0 Å². The van der Waals surface area contributed by atoms with Gasteiger partial charge in [-0.3, -0.25) is 10.2 Å². The Labute approximate surface area is 158 Å². The smallest absolute Gasteiger partial charge is 0.270 e. The molecule has 4 nitrogen and oxygen atoms in total. The third kappa shape index (κ3) is 4.07. The molecule has 130 valence electrons. The first-order chi connectivity index (χ1) is 12.5. The van der Waals surface area contributed by atoms with E-state index in [1.54, 1.807) is 12.1 Å². The van der Waals surface area contributed by atoms with Gasteiger partial charge in [-0.05, 0) is 60.1 Å². The number of benzene rings is 3. The standard InChI is InChI=1S/C21H19N3OS/c1-15-6-5-9-19(14-15)24(21(22)26)23-20(25)18-12-10-17(11-13-18)16-7-3-2-4-8-16/h2-14H,1H3,(H2,22,26)(H,23,25). The summed E-state index contributed by atoms with van der Waals surface area (Å²) in [6.45, 7) is 1.96. The van der Waals surface area contributed by atoms with Gasteiger partial charge < -0.3 is 5.73 Å². The first-order valence-corrected chi connectivity index (χ1v) is 8.58. The van der Waals surface area contributed by atoms with Crippen molar-refractivity contribution in [2.45, 2.75) is 6.92 Å². The SMILES string of the molecule is Cc1cccc(N(NC(=O)c2ccc(-c3ccccc3)cc2)C(N)=S)c1. The van der Waals surface area contributed by atoms with Gasteiger partial charge in [-0.25, -0.2) is 5.01 Å². The van der Waals surface area contributed by atoms with Crippen molar-refractivity contribution in [3.05, 3.63) is 90.0 Å². The summed E-state index contributed by atoms with van der Waals surface area (Å²) in [6, 6.07) is 25.0. The first kappa shape index (κ1) is 17.6. The Morgan fingerprint density at radius 3 is 2.19 bits per heavy atom. The minimum absolute atomic E-state index is 0.0739. The number of nitrogens with one attached hydrogen (secondary N) is 1. The molecule has 3 N–H and O–H groups in total. The maximum absolute atomic E-state index is 12.6. The van der Waals surface area contributed by atoms with E-state index < -0.39 is 0 Å². The Bertz CT molecular complexity index is 924. The maximum atomic E-state index is 12.6.